The molecule has 1 amide bonds. The van der Waals surface area contributed by atoms with E-state index in [0.29, 0.717) is 25.1 Å². The van der Waals surface area contributed by atoms with Gasteiger partial charge in [0.15, 0.2) is 0 Å². The Kier molecular flexibility index (Phi) is 5.74. The maximum Gasteiger partial charge on any atom is 0.224 e. The maximum atomic E-state index is 11.8. The molecule has 2 aromatic carbocycles. The molecule has 0 aliphatic carbocycles. The van der Waals surface area contributed by atoms with E-state index >= 15 is 0 Å². The van der Waals surface area contributed by atoms with Crippen molar-refractivity contribution in [2.24, 2.45) is 0 Å². The highest BCUT2D eigenvalue weighted by Crippen LogP contribution is 2.12. The van der Waals surface area contributed by atoms with E-state index in [0.717, 1.165) is 5.75 Å². The smallest absolute Gasteiger partial charge is 0.224 e. The lowest BCUT2D eigenvalue weighted by molar-refractivity contribution is -0.255. The van der Waals surface area contributed by atoms with Crippen molar-refractivity contribution in [2.75, 3.05) is 11.9 Å². The van der Waals surface area contributed by atoms with Crippen LogP contribution in [0.3, 0.4) is 0 Å². The third-order valence-corrected chi connectivity index (χ3v) is 3.24. The highest BCUT2D eigenvalue weighted by molar-refractivity contribution is 5.92. The molecule has 0 atom stereocenters. The number of carbonyl (C=O) groups excluding carboxylic acids is 2. The lowest BCUT2D eigenvalue weighted by atomic mass is 10.2. The molecule has 0 saturated heterocycles. The number of hydrogen-bond donors (Lipinski definition) is 1. The molecule has 2 aromatic rings. The molecule has 120 valence electrons. The molecule has 0 bridgehead atoms. The van der Waals surface area contributed by atoms with Gasteiger partial charge < -0.3 is 20.0 Å². The molecular formula is C18H18NO4-. The Balaban J connectivity index is 1.70. The van der Waals surface area contributed by atoms with Crippen LogP contribution in [-0.2, 0) is 4.79 Å². The van der Waals surface area contributed by atoms with Crippen LogP contribution in [0, 0.1) is 6.92 Å². The minimum absolute atomic E-state index is 0.0782. The summed E-state index contributed by atoms with van der Waals surface area (Å²) in [7, 11) is 0. The van der Waals surface area contributed by atoms with Crippen LogP contribution in [0.15, 0.2) is 48.5 Å². The fourth-order valence-corrected chi connectivity index (χ4v) is 1.97. The maximum absolute atomic E-state index is 11.8. The van der Waals surface area contributed by atoms with Crippen molar-refractivity contribution in [3.8, 4) is 5.75 Å². The highest BCUT2D eigenvalue weighted by Gasteiger charge is 2.03. The zero-order chi connectivity index (χ0) is 16.7. The second kappa shape index (κ2) is 7.98. The second-order valence-electron chi connectivity index (χ2n) is 5.18. The van der Waals surface area contributed by atoms with Gasteiger partial charge >= 0.3 is 0 Å². The summed E-state index contributed by atoms with van der Waals surface area (Å²) in [6.45, 7) is 2.47. The predicted molar refractivity (Wildman–Crippen MR) is 85.3 cm³/mol. The van der Waals surface area contributed by atoms with Gasteiger partial charge in [0.2, 0.25) is 5.91 Å². The molecule has 0 saturated carbocycles. The summed E-state index contributed by atoms with van der Waals surface area (Å²) >= 11 is 0. The third-order valence-electron chi connectivity index (χ3n) is 3.24. The fraction of sp³-hybridized carbons (Fsp3) is 0.222. The number of aromatic carboxylic acids is 1. The van der Waals surface area contributed by atoms with Crippen LogP contribution in [0.5, 0.6) is 5.75 Å². The van der Waals surface area contributed by atoms with Gasteiger partial charge in [0, 0.05) is 12.1 Å². The molecule has 2 rings (SSSR count). The number of aryl methyl sites for hydroxylation is 1. The van der Waals surface area contributed by atoms with E-state index in [-0.39, 0.29) is 11.5 Å². The van der Waals surface area contributed by atoms with Crippen LogP contribution in [0.25, 0.3) is 0 Å². The van der Waals surface area contributed by atoms with E-state index in [1.165, 1.54) is 29.8 Å². The Morgan fingerprint density at radius 3 is 2.30 bits per heavy atom. The van der Waals surface area contributed by atoms with Crippen LogP contribution in [0.4, 0.5) is 5.69 Å². The number of ether oxygens (including phenoxy) is 1. The molecular weight excluding hydrogens is 294 g/mol. The van der Waals surface area contributed by atoms with Crippen LogP contribution < -0.4 is 15.2 Å². The SMILES string of the molecule is Cc1ccc(OCCCC(=O)Nc2ccc(C(=O)[O-])cc2)cc1. The molecule has 0 fully saturated rings. The van der Waals surface area contributed by atoms with E-state index in [9.17, 15) is 14.7 Å². The molecule has 1 N–H and O–H groups in total. The lowest BCUT2D eigenvalue weighted by Gasteiger charge is -2.08. The number of benzene rings is 2. The first kappa shape index (κ1) is 16.5. The molecule has 0 heterocycles. The topological polar surface area (TPSA) is 78.5 Å². The summed E-state index contributed by atoms with van der Waals surface area (Å²) in [4.78, 5) is 22.4. The second-order valence-corrected chi connectivity index (χ2v) is 5.18. The quantitative estimate of drug-likeness (QED) is 0.795. The molecule has 23 heavy (non-hydrogen) atoms. The number of carbonyl (C=O) groups is 2. The van der Waals surface area contributed by atoms with E-state index < -0.39 is 5.97 Å². The number of hydrogen-bond acceptors (Lipinski definition) is 4. The summed E-state index contributed by atoms with van der Waals surface area (Å²) in [6.07, 6.45) is 0.922. The van der Waals surface area contributed by atoms with E-state index in [2.05, 4.69) is 5.32 Å². The molecule has 0 spiro atoms. The van der Waals surface area contributed by atoms with Crippen molar-refractivity contribution in [3.05, 3.63) is 59.7 Å². The van der Waals surface area contributed by atoms with Crippen LogP contribution in [-0.4, -0.2) is 18.5 Å². The van der Waals surface area contributed by atoms with Crippen LogP contribution in [0.1, 0.15) is 28.8 Å². The van der Waals surface area contributed by atoms with Gasteiger partial charge in [-0.25, -0.2) is 0 Å². The fourth-order valence-electron chi connectivity index (χ4n) is 1.97. The normalized spacial score (nSPS) is 10.1. The Morgan fingerprint density at radius 2 is 1.70 bits per heavy atom. The first-order chi connectivity index (χ1) is 11.0. The molecule has 0 unspecified atom stereocenters. The van der Waals surface area contributed by atoms with Gasteiger partial charge in [-0.05, 0) is 43.2 Å². The zero-order valence-corrected chi connectivity index (χ0v) is 12.9. The van der Waals surface area contributed by atoms with Crippen molar-refractivity contribution in [1.29, 1.82) is 0 Å². The van der Waals surface area contributed by atoms with Gasteiger partial charge in [-0.3, -0.25) is 4.79 Å². The highest BCUT2D eigenvalue weighted by atomic mass is 16.5. The monoisotopic (exact) mass is 312 g/mol. The standard InChI is InChI=1S/C18H19NO4/c1-13-4-10-16(11-5-13)23-12-2-3-17(20)19-15-8-6-14(7-9-15)18(21)22/h4-11H,2-3,12H2,1H3,(H,19,20)(H,21,22)/p-1. The van der Waals surface area contributed by atoms with E-state index in [1.54, 1.807) is 0 Å². The van der Waals surface area contributed by atoms with Crippen molar-refractivity contribution in [1.82, 2.24) is 0 Å². The van der Waals surface area contributed by atoms with Crippen molar-refractivity contribution in [2.45, 2.75) is 19.8 Å². The Morgan fingerprint density at radius 1 is 1.04 bits per heavy atom. The molecule has 5 heteroatoms. The Bertz CT molecular complexity index is 662. The minimum atomic E-state index is -1.24. The van der Waals surface area contributed by atoms with Crippen molar-refractivity contribution < 1.29 is 19.4 Å². The minimum Gasteiger partial charge on any atom is -0.545 e. The summed E-state index contributed by atoms with van der Waals surface area (Å²) in [5, 5.41) is 13.3. The lowest BCUT2D eigenvalue weighted by Crippen LogP contribution is -2.22. The average Bonchev–Trinajstić information content (AvgIpc) is 2.54. The molecule has 0 aliphatic rings. The molecule has 0 radical (unpaired) electrons. The van der Waals surface area contributed by atoms with E-state index in [1.807, 2.05) is 31.2 Å². The van der Waals surface area contributed by atoms with Gasteiger partial charge in [0.05, 0.1) is 12.6 Å². The molecule has 0 aliphatic heterocycles. The number of anilines is 1. The third kappa shape index (κ3) is 5.47. The Labute approximate surface area is 134 Å². The number of amides is 1. The van der Waals surface area contributed by atoms with Crippen LogP contribution >= 0.6 is 0 Å². The van der Waals surface area contributed by atoms with Crippen molar-refractivity contribution >= 4 is 17.6 Å². The summed E-state index contributed by atoms with van der Waals surface area (Å²) in [6, 6.07) is 13.6. The van der Waals surface area contributed by atoms with Gasteiger partial charge in [0.25, 0.3) is 0 Å². The first-order valence-electron chi connectivity index (χ1n) is 7.35. The average molecular weight is 312 g/mol. The van der Waals surface area contributed by atoms with Gasteiger partial charge in [-0.2, -0.15) is 0 Å². The van der Waals surface area contributed by atoms with Gasteiger partial charge in [-0.1, -0.05) is 29.8 Å². The largest absolute Gasteiger partial charge is 0.545 e. The summed E-state index contributed by atoms with van der Waals surface area (Å²) in [5.74, 6) is -0.594. The first-order valence-corrected chi connectivity index (χ1v) is 7.35. The zero-order valence-electron chi connectivity index (χ0n) is 12.9. The van der Waals surface area contributed by atoms with E-state index in [4.69, 9.17) is 4.74 Å². The Hall–Kier alpha value is -2.82. The predicted octanol–water partition coefficient (Wildman–Crippen LogP) is 2.16. The number of carboxylic acid groups (broad SMARTS) is 1. The molecule has 5 nitrogen and oxygen atoms in total. The van der Waals surface area contributed by atoms with Crippen molar-refractivity contribution in [3.63, 3.8) is 0 Å². The number of carboxylic acids is 1. The number of nitrogens with one attached hydrogen (secondary N) is 1. The van der Waals surface area contributed by atoms with Gasteiger partial charge in [0.1, 0.15) is 5.75 Å². The van der Waals surface area contributed by atoms with Gasteiger partial charge in [-0.15, -0.1) is 0 Å². The number of rotatable bonds is 7. The summed E-state index contributed by atoms with van der Waals surface area (Å²) in [5.41, 5.74) is 1.80. The summed E-state index contributed by atoms with van der Waals surface area (Å²) < 4.78 is 5.55. The molecule has 0 aromatic heterocycles. The van der Waals surface area contributed by atoms with Crippen LogP contribution in [0.2, 0.25) is 0 Å².